The predicted octanol–water partition coefficient (Wildman–Crippen LogP) is 4.61. The number of aromatic nitrogens is 1. The highest BCUT2D eigenvalue weighted by atomic mass is 32.2. The Balaban J connectivity index is 1.20. The third kappa shape index (κ3) is 6.36. The molecule has 9 nitrogen and oxygen atoms in total. The fourth-order valence-corrected chi connectivity index (χ4v) is 6.51. The minimum atomic E-state index is -3.84. The van der Waals surface area contributed by atoms with Gasteiger partial charge in [0.2, 0.25) is 5.88 Å². The Morgan fingerprint density at radius 3 is 2.62 bits per heavy atom. The van der Waals surface area contributed by atoms with E-state index < -0.39 is 16.1 Å². The van der Waals surface area contributed by atoms with E-state index in [4.69, 9.17) is 14.2 Å². The number of fused-ring (bicyclic) bond motifs is 1. The molecule has 2 atom stereocenters. The molecule has 2 aromatic carbocycles. The van der Waals surface area contributed by atoms with Crippen molar-refractivity contribution in [2.24, 2.45) is 0 Å². The summed E-state index contributed by atoms with van der Waals surface area (Å²) in [6.07, 6.45) is 6.33. The molecule has 1 unspecified atom stereocenters. The average Bonchev–Trinajstić information content (AvgIpc) is 3.47. The molecular formula is C28H31N3O6S2. The van der Waals surface area contributed by atoms with Crippen LogP contribution in [-0.4, -0.2) is 49.8 Å². The first kappa shape index (κ1) is 27.0. The van der Waals surface area contributed by atoms with E-state index in [9.17, 15) is 13.2 Å². The topological polar surface area (TPSA) is 107 Å². The van der Waals surface area contributed by atoms with Crippen LogP contribution in [0.2, 0.25) is 0 Å². The molecule has 206 valence electrons. The fourth-order valence-electron chi connectivity index (χ4n) is 4.55. The van der Waals surface area contributed by atoms with Gasteiger partial charge in [0, 0.05) is 11.6 Å². The number of ether oxygens (including phenoxy) is 3. The predicted molar refractivity (Wildman–Crippen MR) is 154 cm³/mol. The maximum atomic E-state index is 12.1. The third-order valence-corrected chi connectivity index (χ3v) is 9.74. The molecule has 0 radical (unpaired) electrons. The van der Waals surface area contributed by atoms with Gasteiger partial charge >= 0.3 is 10.2 Å². The fraction of sp³-hybridized carbons (Fsp3) is 0.321. The molecule has 1 aliphatic carbocycles. The first-order valence-electron chi connectivity index (χ1n) is 12.7. The highest BCUT2D eigenvalue weighted by Gasteiger charge is 2.34. The number of carbonyl (C=O) groups is 1. The van der Waals surface area contributed by atoms with Gasteiger partial charge in [-0.15, -0.1) is 0 Å². The van der Waals surface area contributed by atoms with Crippen LogP contribution in [0, 0.1) is 0 Å². The molecular weight excluding hydrogens is 538 g/mol. The van der Waals surface area contributed by atoms with E-state index in [1.165, 1.54) is 0 Å². The number of hydrogen-bond acceptors (Lipinski definition) is 7. The summed E-state index contributed by atoms with van der Waals surface area (Å²) >= 11 is 0. The summed E-state index contributed by atoms with van der Waals surface area (Å²) in [6, 6.07) is 16.3. The van der Waals surface area contributed by atoms with E-state index in [1.807, 2.05) is 35.1 Å². The van der Waals surface area contributed by atoms with Gasteiger partial charge in [-0.05, 0) is 80.2 Å². The Labute approximate surface area is 231 Å². The second-order valence-corrected chi connectivity index (χ2v) is 13.1. The summed E-state index contributed by atoms with van der Waals surface area (Å²) in [4.78, 5) is 15.9. The lowest BCUT2D eigenvalue weighted by Gasteiger charge is -2.18. The van der Waals surface area contributed by atoms with Gasteiger partial charge in [-0.2, -0.15) is 18.9 Å². The maximum absolute atomic E-state index is 12.1. The molecule has 0 saturated carbocycles. The van der Waals surface area contributed by atoms with Crippen molar-refractivity contribution in [3.05, 3.63) is 71.9 Å². The van der Waals surface area contributed by atoms with Crippen molar-refractivity contribution in [1.29, 1.82) is 0 Å². The summed E-state index contributed by atoms with van der Waals surface area (Å²) < 4.78 is 45.3. The van der Waals surface area contributed by atoms with Gasteiger partial charge in [0.1, 0.15) is 29.9 Å². The molecule has 2 aliphatic rings. The van der Waals surface area contributed by atoms with Gasteiger partial charge in [0.15, 0.2) is 0 Å². The van der Waals surface area contributed by atoms with Crippen LogP contribution < -0.4 is 23.2 Å². The lowest BCUT2D eigenvalue weighted by Crippen LogP contribution is -2.29. The van der Waals surface area contributed by atoms with Crippen molar-refractivity contribution in [2.75, 3.05) is 29.5 Å². The molecule has 1 amide bonds. The van der Waals surface area contributed by atoms with Crippen LogP contribution >= 0.6 is 10.5 Å². The van der Waals surface area contributed by atoms with Crippen LogP contribution in [0.4, 0.5) is 5.69 Å². The van der Waals surface area contributed by atoms with Crippen LogP contribution in [0.1, 0.15) is 37.0 Å². The highest BCUT2D eigenvalue weighted by molar-refractivity contribution is 8.14. The minimum absolute atomic E-state index is 0.157. The molecule has 2 heterocycles. The normalized spacial score (nSPS) is 18.5. The second kappa shape index (κ2) is 11.7. The summed E-state index contributed by atoms with van der Waals surface area (Å²) in [7, 11) is -3.51. The number of anilines is 1. The lowest BCUT2D eigenvalue weighted by molar-refractivity contribution is -0.117. The van der Waals surface area contributed by atoms with Crippen molar-refractivity contribution in [1.82, 2.24) is 9.71 Å². The minimum Gasteiger partial charge on any atom is -0.486 e. The molecule has 1 aromatic heterocycles. The molecule has 11 heteroatoms. The van der Waals surface area contributed by atoms with Gasteiger partial charge < -0.3 is 14.2 Å². The zero-order valence-electron chi connectivity index (χ0n) is 21.8. The van der Waals surface area contributed by atoms with Gasteiger partial charge in [0.25, 0.3) is 5.91 Å². The summed E-state index contributed by atoms with van der Waals surface area (Å²) in [6.45, 7) is 2.50. The molecule has 1 fully saturated rings. The summed E-state index contributed by atoms with van der Waals surface area (Å²) in [5.74, 6) is 3.17. The Morgan fingerprint density at radius 1 is 1.13 bits per heavy atom. The van der Waals surface area contributed by atoms with E-state index in [0.717, 1.165) is 46.2 Å². The number of pyridine rings is 1. The van der Waals surface area contributed by atoms with Gasteiger partial charge in [-0.25, -0.2) is 14.0 Å². The Hall–Kier alpha value is -3.57. The van der Waals surface area contributed by atoms with Crippen LogP contribution in [0.5, 0.6) is 23.1 Å². The van der Waals surface area contributed by atoms with E-state index in [-0.39, 0.29) is 12.6 Å². The van der Waals surface area contributed by atoms with Gasteiger partial charge in [0.05, 0.1) is 18.5 Å². The molecule has 1 saturated heterocycles. The average molecular weight is 570 g/mol. The molecule has 39 heavy (non-hydrogen) atoms. The van der Waals surface area contributed by atoms with Crippen LogP contribution in [0.25, 0.3) is 0 Å². The monoisotopic (exact) mass is 569 g/mol. The molecule has 0 spiro atoms. The number of nitrogens with zero attached hydrogens (tertiary/aromatic N) is 2. The smallest absolute Gasteiger partial charge is 0.326 e. The second-order valence-electron chi connectivity index (χ2n) is 9.27. The first-order valence-corrected chi connectivity index (χ1v) is 16.0. The van der Waals surface area contributed by atoms with E-state index in [1.54, 1.807) is 30.5 Å². The zero-order valence-corrected chi connectivity index (χ0v) is 23.5. The number of benzene rings is 2. The number of carbonyl (C=O) groups excluding carboxylic acids is 1. The van der Waals surface area contributed by atoms with E-state index in [2.05, 4.69) is 23.5 Å². The number of amides is 1. The third-order valence-electron chi connectivity index (χ3n) is 6.60. The van der Waals surface area contributed by atoms with Crippen molar-refractivity contribution in [3.63, 3.8) is 0 Å². The Kier molecular flexibility index (Phi) is 8.08. The van der Waals surface area contributed by atoms with Crippen molar-refractivity contribution < 1.29 is 27.4 Å². The number of nitrogens with one attached hydrogen (secondary N) is 1. The van der Waals surface area contributed by atoms with E-state index in [0.29, 0.717) is 40.2 Å². The number of rotatable bonds is 10. The van der Waals surface area contributed by atoms with Crippen molar-refractivity contribution in [3.8, 4) is 23.1 Å². The van der Waals surface area contributed by atoms with Crippen molar-refractivity contribution >= 4 is 37.7 Å². The standard InChI is InChI=1S/C28H31N3O6S2/c1-3-38(2)17-5-16-35-28-15-12-22(18-29-28)37-25-7-4-6-23-24(25)13-14-26(23)36-21-10-8-20(9-11-21)31-19-27(32)30-39(31,33)34/h3-4,6-12,15,18,26H,5,13-14,16-17,19H2,1-2H3,(H,30,32)/t26-,38?/m1/s1. The SMILES string of the molecule is C/C=S(/C)CCCOc1ccc(Oc2cccc3c2CC[C@H]3Oc2ccc(N3CC(=O)NS3(=O)=O)cc2)cn1. The first-order chi connectivity index (χ1) is 18.8. The molecule has 5 rings (SSSR count). The highest BCUT2D eigenvalue weighted by Crippen LogP contribution is 2.41. The van der Waals surface area contributed by atoms with Crippen LogP contribution in [-0.2, 0) is 21.4 Å². The van der Waals surface area contributed by atoms with Crippen LogP contribution in [0.3, 0.4) is 0 Å². The summed E-state index contributed by atoms with van der Waals surface area (Å²) in [5, 5.41) is 2.23. The van der Waals surface area contributed by atoms with Gasteiger partial charge in [-0.3, -0.25) is 4.79 Å². The molecule has 3 aromatic rings. The molecule has 1 aliphatic heterocycles. The zero-order chi connectivity index (χ0) is 27.4. The Morgan fingerprint density at radius 2 is 1.92 bits per heavy atom. The number of hydrogen-bond donors (Lipinski definition) is 1. The molecule has 0 bridgehead atoms. The molecule has 1 N–H and O–H groups in total. The maximum Gasteiger partial charge on any atom is 0.326 e. The largest absolute Gasteiger partial charge is 0.486 e. The Bertz CT molecular complexity index is 1470. The van der Waals surface area contributed by atoms with E-state index >= 15 is 0 Å². The van der Waals surface area contributed by atoms with Gasteiger partial charge in [-0.1, -0.05) is 17.5 Å². The van der Waals surface area contributed by atoms with Crippen molar-refractivity contribution in [2.45, 2.75) is 32.3 Å². The lowest BCUT2D eigenvalue weighted by atomic mass is 10.1. The quantitative estimate of drug-likeness (QED) is 0.281. The van der Waals surface area contributed by atoms with Crippen LogP contribution in [0.15, 0.2) is 60.8 Å². The summed E-state index contributed by atoms with van der Waals surface area (Å²) in [5.41, 5.74) is 2.55.